The second-order valence-electron chi connectivity index (χ2n) is 7.91. The molecule has 0 atom stereocenters. The molecule has 8 nitrogen and oxygen atoms in total. The lowest BCUT2D eigenvalue weighted by atomic mass is 9.96. The number of nitrogens with two attached hydrogens (primary N) is 1. The maximum atomic E-state index is 13.0. The van der Waals surface area contributed by atoms with E-state index in [1.165, 1.54) is 6.20 Å². The smallest absolute Gasteiger partial charge is 0.257 e. The normalized spacial score (nSPS) is 13.9. The van der Waals surface area contributed by atoms with Gasteiger partial charge in [0.2, 0.25) is 5.91 Å². The summed E-state index contributed by atoms with van der Waals surface area (Å²) < 4.78 is 0. The Morgan fingerprint density at radius 1 is 0.879 bits per heavy atom. The van der Waals surface area contributed by atoms with Gasteiger partial charge in [-0.2, -0.15) is 0 Å². The Kier molecular flexibility index (Phi) is 6.64. The number of para-hydroxylation sites is 2. The minimum atomic E-state index is -0.301. The number of anilines is 3. The summed E-state index contributed by atoms with van der Waals surface area (Å²) in [6, 6.07) is 17.7. The number of pyridine rings is 1. The third-order valence-corrected chi connectivity index (χ3v) is 5.70. The molecule has 0 unspecified atom stereocenters. The molecule has 33 heavy (non-hydrogen) atoms. The number of carbonyl (C=O) groups excluding carboxylic acids is 3. The molecule has 3 aromatic rings. The Morgan fingerprint density at radius 3 is 2.33 bits per heavy atom. The van der Waals surface area contributed by atoms with Crippen molar-refractivity contribution in [3.8, 4) is 0 Å². The summed E-state index contributed by atoms with van der Waals surface area (Å²) >= 11 is 0. The molecule has 0 aliphatic carbocycles. The van der Waals surface area contributed by atoms with E-state index >= 15 is 0 Å². The van der Waals surface area contributed by atoms with Gasteiger partial charge in [-0.1, -0.05) is 18.2 Å². The van der Waals surface area contributed by atoms with Gasteiger partial charge < -0.3 is 21.3 Å². The first-order valence-electron chi connectivity index (χ1n) is 10.8. The maximum absolute atomic E-state index is 13.0. The van der Waals surface area contributed by atoms with Crippen molar-refractivity contribution < 1.29 is 14.4 Å². The highest BCUT2D eigenvalue weighted by Gasteiger charge is 2.24. The number of rotatable bonds is 6. The lowest BCUT2D eigenvalue weighted by Gasteiger charge is -2.33. The van der Waals surface area contributed by atoms with E-state index in [2.05, 4.69) is 20.5 Å². The number of nitrogens with zero attached hydrogens (tertiary/aromatic N) is 2. The molecule has 168 valence electrons. The lowest BCUT2D eigenvalue weighted by molar-refractivity contribution is -0.122. The van der Waals surface area contributed by atoms with Crippen LogP contribution in [0.3, 0.4) is 0 Å². The van der Waals surface area contributed by atoms with Crippen molar-refractivity contribution in [2.45, 2.75) is 12.8 Å². The van der Waals surface area contributed by atoms with E-state index in [1.807, 2.05) is 24.3 Å². The summed E-state index contributed by atoms with van der Waals surface area (Å²) in [6.07, 6.45) is 4.46. The molecule has 1 aromatic heterocycles. The van der Waals surface area contributed by atoms with Gasteiger partial charge in [0, 0.05) is 42.7 Å². The summed E-state index contributed by atoms with van der Waals surface area (Å²) in [5.74, 6) is -0.948. The van der Waals surface area contributed by atoms with Crippen molar-refractivity contribution in [3.63, 3.8) is 0 Å². The first kappa shape index (κ1) is 22.0. The molecule has 2 aromatic carbocycles. The monoisotopic (exact) mass is 443 g/mol. The first-order chi connectivity index (χ1) is 16.0. The average Bonchev–Trinajstić information content (AvgIpc) is 2.85. The quantitative estimate of drug-likeness (QED) is 0.540. The van der Waals surface area contributed by atoms with Gasteiger partial charge in [-0.05, 0) is 55.3 Å². The number of piperidine rings is 1. The van der Waals surface area contributed by atoms with E-state index in [0.29, 0.717) is 48.4 Å². The van der Waals surface area contributed by atoms with E-state index in [9.17, 15) is 14.4 Å². The molecule has 1 fully saturated rings. The van der Waals surface area contributed by atoms with E-state index < -0.39 is 0 Å². The van der Waals surface area contributed by atoms with Crippen molar-refractivity contribution >= 4 is 34.8 Å². The molecule has 1 saturated heterocycles. The molecule has 8 heteroatoms. The van der Waals surface area contributed by atoms with Crippen molar-refractivity contribution in [1.82, 2.24) is 4.98 Å². The van der Waals surface area contributed by atoms with Crippen LogP contribution in [0, 0.1) is 5.92 Å². The molecular weight excluding hydrogens is 418 g/mol. The number of benzene rings is 2. The van der Waals surface area contributed by atoms with Crippen LogP contribution in [0.15, 0.2) is 73.1 Å². The Morgan fingerprint density at radius 2 is 1.61 bits per heavy atom. The first-order valence-corrected chi connectivity index (χ1v) is 10.8. The number of amides is 3. The Balaban J connectivity index is 1.45. The van der Waals surface area contributed by atoms with Gasteiger partial charge >= 0.3 is 0 Å². The number of carbonyl (C=O) groups is 3. The van der Waals surface area contributed by atoms with Crippen LogP contribution in [0.25, 0.3) is 0 Å². The summed E-state index contributed by atoms with van der Waals surface area (Å²) in [6.45, 7) is 1.38. The third kappa shape index (κ3) is 5.35. The Labute approximate surface area is 191 Å². The zero-order valence-electron chi connectivity index (χ0n) is 18.0. The second kappa shape index (κ2) is 9.95. The number of hydrogen-bond acceptors (Lipinski definition) is 5. The molecule has 1 aliphatic heterocycles. The van der Waals surface area contributed by atoms with E-state index in [0.717, 1.165) is 5.69 Å². The van der Waals surface area contributed by atoms with E-state index in [-0.39, 0.29) is 23.6 Å². The second-order valence-corrected chi connectivity index (χ2v) is 7.91. The fourth-order valence-electron chi connectivity index (χ4n) is 3.89. The highest BCUT2D eigenvalue weighted by Crippen LogP contribution is 2.30. The van der Waals surface area contributed by atoms with Crippen molar-refractivity contribution in [2.75, 3.05) is 28.6 Å². The average molecular weight is 444 g/mol. The molecule has 0 spiro atoms. The SMILES string of the molecule is NC(=O)C1CCN(c2ccccc2NC(=O)c2cccc(NC(=O)c3cccnc3)c2)CC1. The van der Waals surface area contributed by atoms with Crippen molar-refractivity contribution in [2.24, 2.45) is 11.7 Å². The Bertz CT molecular complexity index is 1160. The van der Waals surface area contributed by atoms with Crippen LogP contribution in [0.5, 0.6) is 0 Å². The van der Waals surface area contributed by atoms with E-state index in [4.69, 9.17) is 5.73 Å². The predicted octanol–water partition coefficient (Wildman–Crippen LogP) is 3.29. The minimum absolute atomic E-state index is 0.104. The van der Waals surface area contributed by atoms with Gasteiger partial charge in [-0.25, -0.2) is 0 Å². The van der Waals surface area contributed by atoms with Crippen LogP contribution in [0.2, 0.25) is 0 Å². The Hall–Kier alpha value is -4.20. The number of hydrogen-bond donors (Lipinski definition) is 3. The largest absolute Gasteiger partial charge is 0.370 e. The predicted molar refractivity (Wildman–Crippen MR) is 127 cm³/mol. The zero-order chi connectivity index (χ0) is 23.2. The summed E-state index contributed by atoms with van der Waals surface area (Å²) in [4.78, 5) is 42.9. The molecule has 0 bridgehead atoms. The van der Waals surface area contributed by atoms with Crippen LogP contribution in [-0.4, -0.2) is 35.8 Å². The molecule has 0 saturated carbocycles. The summed E-state index contributed by atoms with van der Waals surface area (Å²) in [5.41, 5.74) is 8.39. The fourth-order valence-corrected chi connectivity index (χ4v) is 3.89. The molecular formula is C25H25N5O3. The van der Waals surface area contributed by atoms with Crippen LogP contribution < -0.4 is 21.3 Å². The maximum Gasteiger partial charge on any atom is 0.257 e. The summed E-state index contributed by atoms with van der Waals surface area (Å²) in [7, 11) is 0. The molecule has 4 rings (SSSR count). The highest BCUT2D eigenvalue weighted by atomic mass is 16.2. The zero-order valence-corrected chi connectivity index (χ0v) is 18.0. The minimum Gasteiger partial charge on any atom is -0.370 e. The number of aromatic nitrogens is 1. The molecule has 0 radical (unpaired) electrons. The van der Waals surface area contributed by atoms with Crippen LogP contribution in [0.4, 0.5) is 17.1 Å². The van der Waals surface area contributed by atoms with Gasteiger partial charge in [0.25, 0.3) is 11.8 Å². The highest BCUT2D eigenvalue weighted by molar-refractivity contribution is 6.08. The van der Waals surface area contributed by atoms with E-state index in [1.54, 1.807) is 42.6 Å². The van der Waals surface area contributed by atoms with Gasteiger partial charge in [0.05, 0.1) is 16.9 Å². The standard InChI is InChI=1S/C25H25N5O3/c26-23(31)17-10-13-30(14-11-17)22-9-2-1-8-21(22)29-24(32)18-5-3-7-20(15-18)28-25(33)19-6-4-12-27-16-19/h1-9,12,15-17H,10-11,13-14H2,(H2,26,31)(H,28,33)(H,29,32). The van der Waals surface area contributed by atoms with Crippen LogP contribution >= 0.6 is 0 Å². The van der Waals surface area contributed by atoms with Crippen molar-refractivity contribution in [3.05, 3.63) is 84.2 Å². The topological polar surface area (TPSA) is 117 Å². The fraction of sp³-hybridized carbons (Fsp3) is 0.200. The van der Waals surface area contributed by atoms with Gasteiger partial charge in [-0.15, -0.1) is 0 Å². The van der Waals surface area contributed by atoms with Gasteiger partial charge in [-0.3, -0.25) is 19.4 Å². The number of primary amides is 1. The third-order valence-electron chi connectivity index (χ3n) is 5.70. The molecule has 3 amide bonds. The van der Waals surface area contributed by atoms with Gasteiger partial charge in [0.1, 0.15) is 0 Å². The molecule has 2 heterocycles. The van der Waals surface area contributed by atoms with Gasteiger partial charge in [0.15, 0.2) is 0 Å². The summed E-state index contributed by atoms with van der Waals surface area (Å²) in [5, 5.41) is 5.76. The lowest BCUT2D eigenvalue weighted by Crippen LogP contribution is -2.38. The number of nitrogens with one attached hydrogen (secondary N) is 2. The molecule has 4 N–H and O–H groups in total. The van der Waals surface area contributed by atoms with Crippen LogP contribution in [-0.2, 0) is 4.79 Å². The van der Waals surface area contributed by atoms with Crippen LogP contribution in [0.1, 0.15) is 33.6 Å². The van der Waals surface area contributed by atoms with Crippen molar-refractivity contribution in [1.29, 1.82) is 0 Å². The molecule has 1 aliphatic rings.